The maximum atomic E-state index is 12.6. The lowest BCUT2D eigenvalue weighted by atomic mass is 10.1. The fourth-order valence-corrected chi connectivity index (χ4v) is 3.39. The molecule has 142 valence electrons. The van der Waals surface area contributed by atoms with Gasteiger partial charge in [0, 0.05) is 27.9 Å². The van der Waals surface area contributed by atoms with E-state index < -0.39 is 0 Å². The molecule has 6 heteroatoms. The lowest BCUT2D eigenvalue weighted by Gasteiger charge is -2.20. The largest absolute Gasteiger partial charge is 0.484 e. The number of likely N-dealkylation sites (tertiary alicyclic amines) is 1. The van der Waals surface area contributed by atoms with Crippen LogP contribution in [0, 0.1) is 3.57 Å². The molecule has 1 saturated heterocycles. The Bertz CT molecular complexity index is 767. The molecule has 0 radical (unpaired) electrons. The Hall–Kier alpha value is -2.09. The third-order valence-electron chi connectivity index (χ3n) is 4.49. The lowest BCUT2D eigenvalue weighted by molar-refractivity contribution is -0.118. The van der Waals surface area contributed by atoms with E-state index >= 15 is 0 Å². The van der Waals surface area contributed by atoms with Crippen molar-refractivity contribution in [2.45, 2.75) is 25.7 Å². The first kappa shape index (κ1) is 19.7. The van der Waals surface area contributed by atoms with E-state index in [4.69, 9.17) is 4.74 Å². The van der Waals surface area contributed by atoms with Gasteiger partial charge >= 0.3 is 0 Å². The highest BCUT2D eigenvalue weighted by atomic mass is 127. The molecule has 0 saturated carbocycles. The number of halogens is 1. The van der Waals surface area contributed by atoms with Gasteiger partial charge in [0.2, 0.25) is 0 Å². The van der Waals surface area contributed by atoms with Crippen LogP contribution in [-0.4, -0.2) is 36.4 Å². The first-order chi connectivity index (χ1) is 13.1. The van der Waals surface area contributed by atoms with Gasteiger partial charge in [0.15, 0.2) is 6.61 Å². The average molecular weight is 478 g/mol. The molecule has 27 heavy (non-hydrogen) atoms. The number of hydrogen-bond acceptors (Lipinski definition) is 3. The highest BCUT2D eigenvalue weighted by Gasteiger charge is 2.17. The Morgan fingerprint density at radius 1 is 0.926 bits per heavy atom. The van der Waals surface area contributed by atoms with Gasteiger partial charge in [-0.2, -0.15) is 0 Å². The summed E-state index contributed by atoms with van der Waals surface area (Å²) in [4.78, 5) is 26.6. The molecule has 1 fully saturated rings. The number of nitrogens with zero attached hydrogens (tertiary/aromatic N) is 1. The van der Waals surface area contributed by atoms with Gasteiger partial charge in [-0.1, -0.05) is 12.8 Å². The van der Waals surface area contributed by atoms with E-state index in [2.05, 4.69) is 27.9 Å². The molecule has 2 amide bonds. The normalized spacial score (nSPS) is 14.3. The molecule has 0 spiro atoms. The van der Waals surface area contributed by atoms with Crippen LogP contribution < -0.4 is 10.1 Å². The summed E-state index contributed by atoms with van der Waals surface area (Å²) in [5.74, 6) is 0.487. The van der Waals surface area contributed by atoms with Crippen LogP contribution in [0.15, 0.2) is 48.5 Å². The summed E-state index contributed by atoms with van der Waals surface area (Å²) < 4.78 is 6.58. The molecule has 1 heterocycles. The Morgan fingerprint density at radius 2 is 1.56 bits per heavy atom. The molecule has 0 aromatic heterocycles. The van der Waals surface area contributed by atoms with Gasteiger partial charge in [0.25, 0.3) is 11.8 Å². The van der Waals surface area contributed by atoms with Gasteiger partial charge in [-0.05, 0) is 84.0 Å². The van der Waals surface area contributed by atoms with E-state index in [0.29, 0.717) is 17.0 Å². The van der Waals surface area contributed by atoms with Crippen molar-refractivity contribution >= 4 is 40.1 Å². The predicted molar refractivity (Wildman–Crippen MR) is 114 cm³/mol. The van der Waals surface area contributed by atoms with E-state index in [9.17, 15) is 9.59 Å². The second-order valence-corrected chi connectivity index (χ2v) is 7.82. The molecule has 1 aliphatic heterocycles. The summed E-state index contributed by atoms with van der Waals surface area (Å²) >= 11 is 2.21. The first-order valence-electron chi connectivity index (χ1n) is 9.19. The molecule has 1 N–H and O–H groups in total. The molecule has 2 aromatic rings. The summed E-state index contributed by atoms with van der Waals surface area (Å²) in [6.45, 7) is 1.59. The maximum Gasteiger partial charge on any atom is 0.262 e. The summed E-state index contributed by atoms with van der Waals surface area (Å²) in [6, 6.07) is 14.6. The standard InChI is InChI=1S/C21H23IN2O3/c22-17-7-11-19(12-8-17)27-15-20(25)23-18-9-5-16(6-10-18)21(26)24-13-3-1-2-4-14-24/h5-12H,1-4,13-15H2,(H,23,25). The van der Waals surface area contributed by atoms with Crippen LogP contribution in [0.3, 0.4) is 0 Å². The van der Waals surface area contributed by atoms with E-state index in [1.807, 2.05) is 29.2 Å². The van der Waals surface area contributed by atoms with Crippen LogP contribution >= 0.6 is 22.6 Å². The minimum Gasteiger partial charge on any atom is -0.484 e. The number of hydrogen-bond donors (Lipinski definition) is 1. The van der Waals surface area contributed by atoms with Gasteiger partial charge in [0.05, 0.1) is 0 Å². The Balaban J connectivity index is 1.51. The quantitative estimate of drug-likeness (QED) is 0.652. The SMILES string of the molecule is O=C(COc1ccc(I)cc1)Nc1ccc(C(=O)N2CCCCCC2)cc1. The third kappa shape index (κ3) is 5.95. The minimum absolute atomic E-state index is 0.0605. The monoisotopic (exact) mass is 478 g/mol. The van der Waals surface area contributed by atoms with Crippen LogP contribution in [0.25, 0.3) is 0 Å². The summed E-state index contributed by atoms with van der Waals surface area (Å²) in [6.07, 6.45) is 4.53. The van der Waals surface area contributed by atoms with Crippen molar-refractivity contribution in [1.82, 2.24) is 4.90 Å². The topological polar surface area (TPSA) is 58.6 Å². The van der Waals surface area contributed by atoms with Crippen LogP contribution in [0.5, 0.6) is 5.75 Å². The fourth-order valence-electron chi connectivity index (χ4n) is 3.03. The number of benzene rings is 2. The second kappa shape index (κ2) is 9.73. The van der Waals surface area contributed by atoms with E-state index in [-0.39, 0.29) is 18.4 Å². The van der Waals surface area contributed by atoms with Crippen molar-refractivity contribution in [3.8, 4) is 5.75 Å². The molecule has 0 aliphatic carbocycles. The number of carbonyl (C=O) groups excluding carboxylic acids is 2. The summed E-state index contributed by atoms with van der Waals surface area (Å²) in [7, 11) is 0. The van der Waals surface area contributed by atoms with Crippen molar-refractivity contribution in [3.63, 3.8) is 0 Å². The first-order valence-corrected chi connectivity index (χ1v) is 10.3. The molecule has 0 atom stereocenters. The number of anilines is 1. The molecule has 1 aliphatic rings. The zero-order valence-electron chi connectivity index (χ0n) is 15.1. The molecule has 2 aromatic carbocycles. The number of carbonyl (C=O) groups is 2. The van der Waals surface area contributed by atoms with Crippen LogP contribution in [0.2, 0.25) is 0 Å². The Morgan fingerprint density at radius 3 is 2.19 bits per heavy atom. The number of amides is 2. The molecule has 5 nitrogen and oxygen atoms in total. The maximum absolute atomic E-state index is 12.6. The Kier molecular flexibility index (Phi) is 7.09. The van der Waals surface area contributed by atoms with Gasteiger partial charge in [0.1, 0.15) is 5.75 Å². The summed E-state index contributed by atoms with van der Waals surface area (Å²) in [5, 5.41) is 2.79. The lowest BCUT2D eigenvalue weighted by Crippen LogP contribution is -2.31. The van der Waals surface area contributed by atoms with E-state index in [1.54, 1.807) is 24.3 Å². The van der Waals surface area contributed by atoms with Gasteiger partial charge in [-0.25, -0.2) is 0 Å². The van der Waals surface area contributed by atoms with Gasteiger partial charge in [-0.3, -0.25) is 9.59 Å². The van der Waals surface area contributed by atoms with E-state index in [0.717, 1.165) is 29.5 Å². The zero-order valence-corrected chi connectivity index (χ0v) is 17.3. The average Bonchev–Trinajstić information content (AvgIpc) is 2.97. The van der Waals surface area contributed by atoms with Crippen molar-refractivity contribution in [3.05, 3.63) is 57.7 Å². The number of rotatable bonds is 5. The van der Waals surface area contributed by atoms with Crippen molar-refractivity contribution in [2.75, 3.05) is 25.0 Å². The molecule has 0 bridgehead atoms. The Labute approximate surface area is 173 Å². The fraction of sp³-hybridized carbons (Fsp3) is 0.333. The second-order valence-electron chi connectivity index (χ2n) is 6.57. The number of ether oxygens (including phenoxy) is 1. The smallest absolute Gasteiger partial charge is 0.262 e. The van der Waals surface area contributed by atoms with E-state index in [1.165, 1.54) is 12.8 Å². The molecular weight excluding hydrogens is 455 g/mol. The predicted octanol–water partition coefficient (Wildman–Crippen LogP) is 4.32. The molecule has 3 rings (SSSR count). The molecule has 0 unspecified atom stereocenters. The highest BCUT2D eigenvalue weighted by molar-refractivity contribution is 14.1. The summed E-state index contributed by atoms with van der Waals surface area (Å²) in [5.41, 5.74) is 1.31. The van der Waals surface area contributed by atoms with Crippen molar-refractivity contribution in [1.29, 1.82) is 0 Å². The highest BCUT2D eigenvalue weighted by Crippen LogP contribution is 2.16. The number of nitrogens with one attached hydrogen (secondary N) is 1. The van der Waals surface area contributed by atoms with Crippen LogP contribution in [-0.2, 0) is 4.79 Å². The van der Waals surface area contributed by atoms with Crippen LogP contribution in [0.1, 0.15) is 36.0 Å². The third-order valence-corrected chi connectivity index (χ3v) is 5.21. The van der Waals surface area contributed by atoms with Crippen molar-refractivity contribution < 1.29 is 14.3 Å². The molecular formula is C21H23IN2O3. The van der Waals surface area contributed by atoms with Crippen LogP contribution in [0.4, 0.5) is 5.69 Å². The minimum atomic E-state index is -0.236. The van der Waals surface area contributed by atoms with Gasteiger partial charge in [-0.15, -0.1) is 0 Å². The van der Waals surface area contributed by atoms with Gasteiger partial charge < -0.3 is 15.0 Å². The van der Waals surface area contributed by atoms with Crippen molar-refractivity contribution in [2.24, 2.45) is 0 Å². The zero-order chi connectivity index (χ0) is 19.1.